The Morgan fingerprint density at radius 3 is 2.17 bits per heavy atom. The van der Waals surface area contributed by atoms with Crippen molar-refractivity contribution in [2.75, 3.05) is 5.73 Å². The average Bonchev–Trinajstić information content (AvgIpc) is 2.34. The van der Waals surface area contributed by atoms with Crippen LogP contribution >= 0.6 is 0 Å². The molecule has 0 unspecified atom stereocenters. The number of nitrogen functional groups attached to an aromatic ring is 1. The second kappa shape index (κ2) is 4.73. The van der Waals surface area contributed by atoms with Crippen LogP contribution in [0.1, 0.15) is 22.3 Å². The van der Waals surface area contributed by atoms with E-state index in [-0.39, 0.29) is 0 Å². The molecule has 18 heavy (non-hydrogen) atoms. The zero-order valence-corrected chi connectivity index (χ0v) is 11.4. The Hall–Kier alpha value is -1.96. The Kier molecular flexibility index (Phi) is 3.28. The van der Waals surface area contributed by atoms with Gasteiger partial charge in [0.25, 0.3) is 0 Å². The molecule has 2 heteroatoms. The maximum Gasteiger partial charge on any atom is 0.133 e. The van der Waals surface area contributed by atoms with Gasteiger partial charge in [0.15, 0.2) is 0 Å². The van der Waals surface area contributed by atoms with Crippen LogP contribution in [0.3, 0.4) is 0 Å². The van der Waals surface area contributed by atoms with Crippen LogP contribution in [0.2, 0.25) is 0 Å². The minimum Gasteiger partial charge on any atom is -0.457 e. The van der Waals surface area contributed by atoms with Crippen LogP contribution in [0, 0.1) is 27.7 Å². The van der Waals surface area contributed by atoms with E-state index in [9.17, 15) is 0 Å². The zero-order valence-electron chi connectivity index (χ0n) is 11.4. The molecule has 2 aromatic rings. The standard InChI is InChI=1S/C16H19NO/c1-10-5-6-11(2)16(13(10)4)18-14-7-8-15(17)12(3)9-14/h5-9H,17H2,1-4H3. The molecule has 0 heterocycles. The predicted molar refractivity (Wildman–Crippen MR) is 76.3 cm³/mol. The van der Waals surface area contributed by atoms with Crippen LogP contribution in [0.4, 0.5) is 5.69 Å². The number of rotatable bonds is 2. The van der Waals surface area contributed by atoms with Crippen LogP contribution in [0.15, 0.2) is 30.3 Å². The Morgan fingerprint density at radius 2 is 1.50 bits per heavy atom. The molecular weight excluding hydrogens is 222 g/mol. The van der Waals surface area contributed by atoms with Crippen molar-refractivity contribution in [2.24, 2.45) is 0 Å². The quantitative estimate of drug-likeness (QED) is 0.796. The SMILES string of the molecule is Cc1cc(Oc2c(C)ccc(C)c2C)ccc1N. The van der Waals surface area contributed by atoms with Gasteiger partial charge >= 0.3 is 0 Å². The molecule has 0 aliphatic carbocycles. The minimum absolute atomic E-state index is 0.792. The number of anilines is 1. The van der Waals surface area contributed by atoms with Gasteiger partial charge in [-0.1, -0.05) is 12.1 Å². The summed E-state index contributed by atoms with van der Waals surface area (Å²) in [5.74, 6) is 1.78. The highest BCUT2D eigenvalue weighted by atomic mass is 16.5. The van der Waals surface area contributed by atoms with E-state index in [4.69, 9.17) is 10.5 Å². The number of hydrogen-bond acceptors (Lipinski definition) is 2. The Balaban J connectivity index is 2.39. The van der Waals surface area contributed by atoms with Crippen molar-refractivity contribution in [2.45, 2.75) is 27.7 Å². The van der Waals surface area contributed by atoms with E-state index in [0.29, 0.717) is 0 Å². The number of nitrogens with two attached hydrogens (primary N) is 1. The lowest BCUT2D eigenvalue weighted by molar-refractivity contribution is 0.474. The van der Waals surface area contributed by atoms with Crippen molar-refractivity contribution >= 4 is 5.69 Å². The van der Waals surface area contributed by atoms with Crippen molar-refractivity contribution in [3.63, 3.8) is 0 Å². The fraction of sp³-hybridized carbons (Fsp3) is 0.250. The molecule has 2 rings (SSSR count). The third kappa shape index (κ3) is 2.33. The first-order valence-electron chi connectivity index (χ1n) is 6.10. The van der Waals surface area contributed by atoms with E-state index < -0.39 is 0 Å². The van der Waals surface area contributed by atoms with Crippen LogP contribution < -0.4 is 10.5 Å². The van der Waals surface area contributed by atoms with Crippen LogP contribution in [0.5, 0.6) is 11.5 Å². The van der Waals surface area contributed by atoms with E-state index in [1.807, 2.05) is 25.1 Å². The Morgan fingerprint density at radius 1 is 0.833 bits per heavy atom. The molecule has 0 aliphatic heterocycles. The highest BCUT2D eigenvalue weighted by Gasteiger charge is 2.08. The lowest BCUT2D eigenvalue weighted by atomic mass is 10.1. The first-order chi connectivity index (χ1) is 8.49. The van der Waals surface area contributed by atoms with Gasteiger partial charge < -0.3 is 10.5 Å². The molecule has 0 radical (unpaired) electrons. The molecule has 0 atom stereocenters. The van der Waals surface area contributed by atoms with E-state index in [1.165, 1.54) is 11.1 Å². The van der Waals surface area contributed by atoms with Crippen LogP contribution in [-0.4, -0.2) is 0 Å². The van der Waals surface area contributed by atoms with Gasteiger partial charge in [0.2, 0.25) is 0 Å². The molecule has 0 amide bonds. The summed E-state index contributed by atoms with van der Waals surface area (Å²) in [5, 5.41) is 0. The first-order valence-corrected chi connectivity index (χ1v) is 6.10. The molecule has 0 saturated heterocycles. The Labute approximate surface area is 108 Å². The van der Waals surface area contributed by atoms with E-state index in [2.05, 4.69) is 32.9 Å². The molecule has 0 saturated carbocycles. The topological polar surface area (TPSA) is 35.2 Å². The summed E-state index contributed by atoms with van der Waals surface area (Å²) in [6, 6.07) is 9.96. The van der Waals surface area contributed by atoms with Crippen molar-refractivity contribution in [1.82, 2.24) is 0 Å². The third-order valence-corrected chi connectivity index (χ3v) is 3.33. The first kappa shape index (κ1) is 12.5. The maximum absolute atomic E-state index is 6.00. The van der Waals surface area contributed by atoms with E-state index in [0.717, 1.165) is 28.3 Å². The Bertz CT molecular complexity index is 588. The summed E-state index contributed by atoms with van der Waals surface area (Å²) in [4.78, 5) is 0. The molecule has 0 fully saturated rings. The normalized spacial score (nSPS) is 10.4. The summed E-state index contributed by atoms with van der Waals surface area (Å²) in [6.07, 6.45) is 0. The lowest BCUT2D eigenvalue weighted by Gasteiger charge is -2.14. The van der Waals surface area contributed by atoms with Gasteiger partial charge in [-0.3, -0.25) is 0 Å². The van der Waals surface area contributed by atoms with Gasteiger partial charge in [-0.15, -0.1) is 0 Å². The second-order valence-electron chi connectivity index (χ2n) is 4.77. The van der Waals surface area contributed by atoms with Gasteiger partial charge in [-0.05, 0) is 68.1 Å². The minimum atomic E-state index is 0.792. The summed E-state index contributed by atoms with van der Waals surface area (Å²) in [7, 11) is 0. The van der Waals surface area contributed by atoms with Crippen molar-refractivity contribution in [3.8, 4) is 11.5 Å². The summed E-state index contributed by atoms with van der Waals surface area (Å²) < 4.78 is 6.00. The molecule has 2 N–H and O–H groups in total. The highest BCUT2D eigenvalue weighted by Crippen LogP contribution is 2.31. The second-order valence-corrected chi connectivity index (χ2v) is 4.77. The zero-order chi connectivity index (χ0) is 13.3. The molecule has 0 spiro atoms. The van der Waals surface area contributed by atoms with Gasteiger partial charge in [0, 0.05) is 5.69 Å². The molecule has 0 bridgehead atoms. The van der Waals surface area contributed by atoms with Crippen LogP contribution in [0.25, 0.3) is 0 Å². The van der Waals surface area contributed by atoms with Crippen LogP contribution in [-0.2, 0) is 0 Å². The molecule has 94 valence electrons. The molecule has 0 aromatic heterocycles. The largest absolute Gasteiger partial charge is 0.457 e. The monoisotopic (exact) mass is 241 g/mol. The average molecular weight is 241 g/mol. The lowest BCUT2D eigenvalue weighted by Crippen LogP contribution is -1.95. The predicted octanol–water partition coefficient (Wildman–Crippen LogP) is 4.29. The number of hydrogen-bond donors (Lipinski definition) is 1. The fourth-order valence-electron chi connectivity index (χ4n) is 1.91. The van der Waals surface area contributed by atoms with Crippen molar-refractivity contribution in [1.29, 1.82) is 0 Å². The summed E-state index contributed by atoms with van der Waals surface area (Å²) in [5.41, 5.74) is 11.2. The smallest absolute Gasteiger partial charge is 0.133 e. The number of ether oxygens (including phenoxy) is 1. The molecule has 0 aliphatic rings. The van der Waals surface area contributed by atoms with Gasteiger partial charge in [0.1, 0.15) is 11.5 Å². The molecular formula is C16H19NO. The van der Waals surface area contributed by atoms with Crippen molar-refractivity contribution in [3.05, 3.63) is 52.6 Å². The molecule has 2 nitrogen and oxygen atoms in total. The summed E-state index contributed by atoms with van der Waals surface area (Å²) >= 11 is 0. The van der Waals surface area contributed by atoms with E-state index >= 15 is 0 Å². The highest BCUT2D eigenvalue weighted by molar-refractivity contribution is 5.52. The summed E-state index contributed by atoms with van der Waals surface area (Å²) in [6.45, 7) is 8.22. The van der Waals surface area contributed by atoms with E-state index in [1.54, 1.807) is 0 Å². The third-order valence-electron chi connectivity index (χ3n) is 3.33. The van der Waals surface area contributed by atoms with Gasteiger partial charge in [-0.25, -0.2) is 0 Å². The van der Waals surface area contributed by atoms with Gasteiger partial charge in [0.05, 0.1) is 0 Å². The van der Waals surface area contributed by atoms with Gasteiger partial charge in [-0.2, -0.15) is 0 Å². The maximum atomic E-state index is 6.00. The number of benzene rings is 2. The van der Waals surface area contributed by atoms with Crippen molar-refractivity contribution < 1.29 is 4.74 Å². The fourth-order valence-corrected chi connectivity index (χ4v) is 1.91. The molecule has 2 aromatic carbocycles. The number of aryl methyl sites for hydroxylation is 3.